The maximum absolute atomic E-state index is 12.2. The number of rotatable bonds is 9. The molecule has 0 spiro atoms. The Morgan fingerprint density at radius 3 is 1.95 bits per heavy atom. The Balaban J connectivity index is 1.52. The number of carbonyl (C=O) groups is 1. The SMILES string of the molecule is CC1=C(/C=C/C(C)=C/C=C/C(C)=C/C=C/C=C(C)/C=C/C=C(\C)C2C=C3C(C)(C)CCC[C@@]3(C)O2)C(C)(C)CCC1=O. The van der Waals surface area contributed by atoms with E-state index < -0.39 is 0 Å². The standard InChI is InChI=1S/C40H54O2/c1-29(18-13-19-31(3)22-23-34-33(5)35(41)24-27-38(34,6)7)16-11-12-17-30(2)20-14-21-32(4)36-28-37-39(8,9)25-15-26-40(37,10)42-36/h11-14,16-23,28,36H,15,24-27H2,1-10H3/b12-11+,18-13+,20-14+,23-22+,29-16+,30-17+,31-19+,32-21+/t36?,40-/m1/s1. The van der Waals surface area contributed by atoms with Gasteiger partial charge in [-0.3, -0.25) is 4.79 Å². The summed E-state index contributed by atoms with van der Waals surface area (Å²) in [5, 5.41) is 0. The first-order valence-corrected chi connectivity index (χ1v) is 15.7. The van der Waals surface area contributed by atoms with Gasteiger partial charge < -0.3 is 4.74 Å². The van der Waals surface area contributed by atoms with Crippen LogP contribution in [0.3, 0.4) is 0 Å². The van der Waals surface area contributed by atoms with E-state index >= 15 is 0 Å². The van der Waals surface area contributed by atoms with Crippen molar-refractivity contribution in [2.75, 3.05) is 0 Å². The molecule has 0 N–H and O–H groups in total. The molecule has 1 saturated carbocycles. The van der Waals surface area contributed by atoms with Gasteiger partial charge in [-0.1, -0.05) is 117 Å². The van der Waals surface area contributed by atoms with Crippen molar-refractivity contribution in [1.29, 1.82) is 0 Å². The molecule has 3 rings (SSSR count). The van der Waals surface area contributed by atoms with Gasteiger partial charge in [-0.05, 0) is 106 Å². The molecular weight excluding hydrogens is 512 g/mol. The van der Waals surface area contributed by atoms with Crippen LogP contribution in [0.1, 0.15) is 101 Å². The molecule has 0 aromatic carbocycles. The number of carbonyl (C=O) groups excluding carboxylic acids is 1. The number of Topliss-reactive ketones (excluding diaryl/α,β-unsaturated/α-hetero) is 1. The summed E-state index contributed by atoms with van der Waals surface area (Å²) in [7, 11) is 0. The van der Waals surface area contributed by atoms with Crippen molar-refractivity contribution >= 4 is 5.78 Å². The maximum Gasteiger partial charge on any atom is 0.158 e. The molecule has 1 unspecified atom stereocenters. The number of ketones is 1. The van der Waals surface area contributed by atoms with Crippen LogP contribution in [-0.4, -0.2) is 17.5 Å². The summed E-state index contributed by atoms with van der Waals surface area (Å²) < 4.78 is 6.55. The van der Waals surface area contributed by atoms with Crippen molar-refractivity contribution in [2.45, 2.75) is 113 Å². The number of allylic oxidation sites excluding steroid dienone is 17. The molecule has 2 heteroatoms. The topological polar surface area (TPSA) is 26.3 Å². The van der Waals surface area contributed by atoms with Gasteiger partial charge in [-0.25, -0.2) is 0 Å². The van der Waals surface area contributed by atoms with Crippen molar-refractivity contribution in [3.8, 4) is 0 Å². The van der Waals surface area contributed by atoms with E-state index in [0.29, 0.717) is 6.42 Å². The van der Waals surface area contributed by atoms with E-state index in [9.17, 15) is 4.79 Å². The first-order valence-electron chi connectivity index (χ1n) is 15.7. The monoisotopic (exact) mass is 566 g/mol. The fourth-order valence-electron chi connectivity index (χ4n) is 6.42. The quantitative estimate of drug-likeness (QED) is 0.205. The zero-order valence-electron chi connectivity index (χ0n) is 27.9. The Hall–Kier alpha value is -2.97. The predicted molar refractivity (Wildman–Crippen MR) is 181 cm³/mol. The molecule has 2 atom stereocenters. The van der Waals surface area contributed by atoms with E-state index in [1.54, 1.807) is 0 Å². The highest BCUT2D eigenvalue weighted by Gasteiger charge is 2.47. The molecule has 0 bridgehead atoms. The van der Waals surface area contributed by atoms with Crippen LogP contribution >= 0.6 is 0 Å². The summed E-state index contributed by atoms with van der Waals surface area (Å²) in [6.07, 6.45) is 33.0. The lowest BCUT2D eigenvalue weighted by molar-refractivity contribution is -0.116. The van der Waals surface area contributed by atoms with E-state index in [0.717, 1.165) is 29.6 Å². The smallest absolute Gasteiger partial charge is 0.158 e. The van der Waals surface area contributed by atoms with Crippen LogP contribution in [0, 0.1) is 10.8 Å². The Morgan fingerprint density at radius 1 is 0.762 bits per heavy atom. The Bertz CT molecular complexity index is 1340. The van der Waals surface area contributed by atoms with E-state index in [4.69, 9.17) is 4.74 Å². The van der Waals surface area contributed by atoms with E-state index in [1.807, 2.05) is 6.92 Å². The predicted octanol–water partition coefficient (Wildman–Crippen LogP) is 11.0. The van der Waals surface area contributed by atoms with Crippen LogP contribution in [0.2, 0.25) is 0 Å². The molecule has 0 aromatic rings. The van der Waals surface area contributed by atoms with Gasteiger partial charge in [0.05, 0.1) is 11.7 Å². The fraction of sp³-hybridized carbons (Fsp3) is 0.475. The Kier molecular flexibility index (Phi) is 11.2. The summed E-state index contributed by atoms with van der Waals surface area (Å²) in [6, 6.07) is 0. The molecule has 42 heavy (non-hydrogen) atoms. The molecule has 0 radical (unpaired) electrons. The highest BCUT2D eigenvalue weighted by molar-refractivity contribution is 5.97. The number of ether oxygens (including phenoxy) is 1. The van der Waals surface area contributed by atoms with Crippen molar-refractivity contribution in [3.63, 3.8) is 0 Å². The molecular formula is C40H54O2. The molecule has 226 valence electrons. The fourth-order valence-corrected chi connectivity index (χ4v) is 6.42. The van der Waals surface area contributed by atoms with Crippen LogP contribution in [-0.2, 0) is 9.53 Å². The average molecular weight is 567 g/mol. The minimum Gasteiger partial charge on any atom is -0.359 e. The second-order valence-electron chi connectivity index (χ2n) is 14.0. The normalized spacial score (nSPS) is 27.7. The van der Waals surface area contributed by atoms with Crippen molar-refractivity contribution in [3.05, 3.63) is 118 Å². The summed E-state index contributed by atoms with van der Waals surface area (Å²) in [5.74, 6) is 0.278. The van der Waals surface area contributed by atoms with Gasteiger partial charge in [-0.15, -0.1) is 0 Å². The third kappa shape index (κ3) is 8.77. The van der Waals surface area contributed by atoms with Gasteiger partial charge in [-0.2, -0.15) is 0 Å². The van der Waals surface area contributed by atoms with E-state index in [2.05, 4.69) is 141 Å². The van der Waals surface area contributed by atoms with E-state index in [1.165, 1.54) is 35.1 Å². The van der Waals surface area contributed by atoms with E-state index in [-0.39, 0.29) is 28.3 Å². The largest absolute Gasteiger partial charge is 0.359 e. The minimum atomic E-state index is -0.106. The molecule has 0 amide bonds. The van der Waals surface area contributed by atoms with Crippen LogP contribution < -0.4 is 0 Å². The Labute approximate surface area is 256 Å². The van der Waals surface area contributed by atoms with Crippen LogP contribution in [0.25, 0.3) is 0 Å². The number of hydrogen-bond acceptors (Lipinski definition) is 2. The molecule has 1 heterocycles. The summed E-state index contributed by atoms with van der Waals surface area (Å²) in [6.45, 7) is 21.9. The molecule has 1 aliphatic heterocycles. The minimum absolute atomic E-state index is 0.0476. The van der Waals surface area contributed by atoms with Gasteiger partial charge >= 0.3 is 0 Å². The summed E-state index contributed by atoms with van der Waals surface area (Å²) in [4.78, 5) is 12.2. The highest BCUT2D eigenvalue weighted by Crippen LogP contribution is 2.51. The molecule has 0 saturated heterocycles. The Morgan fingerprint density at radius 2 is 1.33 bits per heavy atom. The second-order valence-corrected chi connectivity index (χ2v) is 14.0. The lowest BCUT2D eigenvalue weighted by Gasteiger charge is -2.42. The average Bonchev–Trinajstić information content (AvgIpc) is 3.28. The lowest BCUT2D eigenvalue weighted by Crippen LogP contribution is -2.39. The molecule has 3 aliphatic rings. The van der Waals surface area contributed by atoms with Gasteiger partial charge in [0, 0.05) is 6.42 Å². The first kappa shape index (κ1) is 33.5. The van der Waals surface area contributed by atoms with Gasteiger partial charge in [0.15, 0.2) is 5.78 Å². The van der Waals surface area contributed by atoms with Gasteiger partial charge in [0.1, 0.15) is 0 Å². The number of hydrogen-bond donors (Lipinski definition) is 0. The van der Waals surface area contributed by atoms with Gasteiger partial charge in [0.2, 0.25) is 0 Å². The molecule has 1 fully saturated rings. The molecule has 2 aliphatic carbocycles. The molecule has 0 aromatic heterocycles. The van der Waals surface area contributed by atoms with Crippen LogP contribution in [0.4, 0.5) is 0 Å². The van der Waals surface area contributed by atoms with Crippen LogP contribution in [0.5, 0.6) is 0 Å². The third-order valence-electron chi connectivity index (χ3n) is 9.22. The van der Waals surface area contributed by atoms with Crippen molar-refractivity contribution in [2.24, 2.45) is 10.8 Å². The number of fused-ring (bicyclic) bond motifs is 1. The molecule has 2 nitrogen and oxygen atoms in total. The van der Waals surface area contributed by atoms with Crippen molar-refractivity contribution in [1.82, 2.24) is 0 Å². The zero-order valence-corrected chi connectivity index (χ0v) is 27.9. The maximum atomic E-state index is 12.2. The summed E-state index contributed by atoms with van der Waals surface area (Å²) in [5.41, 5.74) is 8.51. The summed E-state index contributed by atoms with van der Waals surface area (Å²) >= 11 is 0. The second kappa shape index (κ2) is 14.0. The van der Waals surface area contributed by atoms with Gasteiger partial charge in [0.25, 0.3) is 0 Å². The highest BCUT2D eigenvalue weighted by atomic mass is 16.5. The first-order chi connectivity index (χ1) is 19.6. The third-order valence-corrected chi connectivity index (χ3v) is 9.22. The lowest BCUT2D eigenvalue weighted by atomic mass is 9.67. The zero-order chi connectivity index (χ0) is 31.1. The van der Waals surface area contributed by atoms with Crippen molar-refractivity contribution < 1.29 is 9.53 Å². The van der Waals surface area contributed by atoms with Crippen LogP contribution in [0.15, 0.2) is 118 Å².